The van der Waals surface area contributed by atoms with Crippen LogP contribution in [0.25, 0.3) is 5.57 Å². The molecule has 0 aliphatic rings. The fourth-order valence-corrected chi connectivity index (χ4v) is 2.28. The van der Waals surface area contributed by atoms with Crippen molar-refractivity contribution in [2.24, 2.45) is 0 Å². The molecule has 0 atom stereocenters. The number of ether oxygens (including phenoxy) is 1. The molecule has 0 aliphatic carbocycles. The summed E-state index contributed by atoms with van der Waals surface area (Å²) in [5.41, 5.74) is 6.90. The molecular formula is C13H23N3O3Si. The van der Waals surface area contributed by atoms with E-state index in [-0.39, 0.29) is 0 Å². The van der Waals surface area contributed by atoms with Gasteiger partial charge in [-0.2, -0.15) is 0 Å². The van der Waals surface area contributed by atoms with E-state index in [1.54, 1.807) is 17.7 Å². The zero-order valence-electron chi connectivity index (χ0n) is 12.5. The fraction of sp³-hybridized carbons (Fsp3) is 0.538. The maximum atomic E-state index is 10.6. The average molecular weight is 297 g/mol. The molecule has 0 spiro atoms. The van der Waals surface area contributed by atoms with E-state index in [0.29, 0.717) is 30.6 Å². The van der Waals surface area contributed by atoms with Crippen LogP contribution in [-0.2, 0) is 16.3 Å². The van der Waals surface area contributed by atoms with Crippen LogP contribution in [0.1, 0.15) is 12.6 Å². The van der Waals surface area contributed by atoms with E-state index in [4.69, 9.17) is 15.6 Å². The van der Waals surface area contributed by atoms with Crippen LogP contribution in [-0.4, -0.2) is 35.3 Å². The van der Waals surface area contributed by atoms with E-state index in [2.05, 4.69) is 24.6 Å². The molecule has 3 N–H and O–H groups in total. The normalized spacial score (nSPS) is 12.7. The van der Waals surface area contributed by atoms with Crippen molar-refractivity contribution in [3.8, 4) is 0 Å². The molecule has 1 heterocycles. The highest BCUT2D eigenvalue weighted by Gasteiger charge is 2.12. The molecule has 0 saturated carbocycles. The summed E-state index contributed by atoms with van der Waals surface area (Å²) in [7, 11) is -1.10. The molecule has 112 valence electrons. The number of hydrogen-bond donors (Lipinski definition) is 2. The first-order chi connectivity index (χ1) is 9.19. The Hall–Kier alpha value is -1.60. The number of aliphatic carboxylic acids is 1. The lowest BCUT2D eigenvalue weighted by molar-refractivity contribution is -0.131. The van der Waals surface area contributed by atoms with Gasteiger partial charge in [0.05, 0.1) is 5.69 Å². The third kappa shape index (κ3) is 5.58. The predicted molar refractivity (Wildman–Crippen MR) is 82.0 cm³/mol. The molecule has 0 fully saturated rings. The molecule has 1 aromatic rings. The molecule has 6 nitrogen and oxygen atoms in total. The van der Waals surface area contributed by atoms with Crippen molar-refractivity contribution in [3.63, 3.8) is 0 Å². The van der Waals surface area contributed by atoms with Gasteiger partial charge < -0.3 is 15.6 Å². The van der Waals surface area contributed by atoms with Gasteiger partial charge in [-0.25, -0.2) is 9.78 Å². The predicted octanol–water partition coefficient (Wildman–Crippen LogP) is 2.27. The number of allylic oxidation sites excluding steroid dienone is 1. The van der Waals surface area contributed by atoms with Gasteiger partial charge in [0, 0.05) is 27.0 Å². The number of imidazole rings is 1. The van der Waals surface area contributed by atoms with Gasteiger partial charge in [0.25, 0.3) is 0 Å². The van der Waals surface area contributed by atoms with E-state index in [1.165, 1.54) is 0 Å². The van der Waals surface area contributed by atoms with Crippen molar-refractivity contribution in [3.05, 3.63) is 18.0 Å². The maximum Gasteiger partial charge on any atom is 0.328 e. The molecule has 0 unspecified atom stereocenters. The molecule has 0 saturated heterocycles. The van der Waals surface area contributed by atoms with E-state index in [1.807, 2.05) is 0 Å². The fourth-order valence-electron chi connectivity index (χ4n) is 1.52. The third-order valence-corrected chi connectivity index (χ3v) is 4.48. The number of nitrogen functional groups attached to an aromatic ring is 1. The summed E-state index contributed by atoms with van der Waals surface area (Å²) in [6.07, 6.45) is 2.82. The molecular weight excluding hydrogens is 274 g/mol. The number of aromatic nitrogens is 2. The van der Waals surface area contributed by atoms with Crippen LogP contribution < -0.4 is 5.73 Å². The van der Waals surface area contributed by atoms with Crippen LogP contribution in [0, 0.1) is 0 Å². The molecule has 1 aromatic heterocycles. The summed E-state index contributed by atoms with van der Waals surface area (Å²) in [6.45, 7) is 9.60. The van der Waals surface area contributed by atoms with E-state index < -0.39 is 14.0 Å². The van der Waals surface area contributed by atoms with Gasteiger partial charge in [-0.3, -0.25) is 4.57 Å². The van der Waals surface area contributed by atoms with Crippen molar-refractivity contribution >= 4 is 25.6 Å². The van der Waals surface area contributed by atoms with E-state index in [9.17, 15) is 4.79 Å². The molecule has 7 heteroatoms. The largest absolute Gasteiger partial charge is 0.478 e. The van der Waals surface area contributed by atoms with Crippen molar-refractivity contribution in [2.75, 3.05) is 12.3 Å². The van der Waals surface area contributed by atoms with Crippen molar-refractivity contribution < 1.29 is 14.6 Å². The summed E-state index contributed by atoms with van der Waals surface area (Å²) >= 11 is 0. The molecule has 0 aliphatic heterocycles. The minimum absolute atomic E-state index is 0.325. The zero-order valence-corrected chi connectivity index (χ0v) is 13.5. The number of nitrogens with zero attached hydrogens (tertiary/aromatic N) is 2. The lowest BCUT2D eigenvalue weighted by Gasteiger charge is -2.15. The van der Waals surface area contributed by atoms with E-state index in [0.717, 1.165) is 12.1 Å². The Bertz CT molecular complexity index is 503. The van der Waals surface area contributed by atoms with E-state index >= 15 is 0 Å². The summed E-state index contributed by atoms with van der Waals surface area (Å²) in [5, 5.41) is 8.71. The summed E-state index contributed by atoms with van der Waals surface area (Å²) in [5.74, 6) is -0.673. The highest BCUT2D eigenvalue weighted by Crippen LogP contribution is 2.15. The molecule has 0 bridgehead atoms. The SMILES string of the molecule is C/C(=C\C(=O)O)c1cn(COCC[Si](C)(C)C)c(N)n1. The summed E-state index contributed by atoms with van der Waals surface area (Å²) in [4.78, 5) is 14.7. The molecule has 0 amide bonds. The number of anilines is 1. The lowest BCUT2D eigenvalue weighted by Crippen LogP contribution is -2.22. The zero-order chi connectivity index (χ0) is 15.3. The quantitative estimate of drug-likeness (QED) is 0.458. The molecule has 20 heavy (non-hydrogen) atoms. The Morgan fingerprint density at radius 1 is 1.55 bits per heavy atom. The van der Waals surface area contributed by atoms with Crippen LogP contribution in [0.15, 0.2) is 12.3 Å². The average Bonchev–Trinajstić information content (AvgIpc) is 2.64. The Balaban J connectivity index is 2.60. The number of carbonyl (C=O) groups is 1. The highest BCUT2D eigenvalue weighted by atomic mass is 28.3. The first-order valence-electron chi connectivity index (χ1n) is 6.51. The Labute approximate surface area is 120 Å². The lowest BCUT2D eigenvalue weighted by atomic mass is 10.2. The number of carboxylic acid groups (broad SMARTS) is 1. The second kappa shape index (κ2) is 6.71. The minimum Gasteiger partial charge on any atom is -0.478 e. The molecule has 0 radical (unpaired) electrons. The number of rotatable bonds is 7. The molecule has 0 aromatic carbocycles. The number of carboxylic acids is 1. The first-order valence-corrected chi connectivity index (χ1v) is 10.2. The van der Waals surface area contributed by atoms with Crippen molar-refractivity contribution in [2.45, 2.75) is 39.3 Å². The van der Waals surface area contributed by atoms with Crippen LogP contribution in [0.3, 0.4) is 0 Å². The monoisotopic (exact) mass is 297 g/mol. The highest BCUT2D eigenvalue weighted by molar-refractivity contribution is 6.76. The van der Waals surface area contributed by atoms with Gasteiger partial charge in [0.2, 0.25) is 5.95 Å². The number of hydrogen-bond acceptors (Lipinski definition) is 4. The molecule has 1 rings (SSSR count). The Morgan fingerprint density at radius 3 is 2.75 bits per heavy atom. The standard InChI is InChI=1S/C13H23N3O3Si/c1-10(7-12(17)18)11-8-16(13(14)15-11)9-19-5-6-20(2,3)4/h7-8H,5-6,9H2,1-4H3,(H2,14,15)(H,17,18)/b10-7+. The van der Waals surface area contributed by atoms with Crippen molar-refractivity contribution in [1.82, 2.24) is 9.55 Å². The van der Waals surface area contributed by atoms with Crippen LogP contribution in [0.4, 0.5) is 5.95 Å². The third-order valence-electron chi connectivity index (χ3n) is 2.78. The Kier molecular flexibility index (Phi) is 5.52. The summed E-state index contributed by atoms with van der Waals surface area (Å²) < 4.78 is 7.27. The van der Waals surface area contributed by atoms with Crippen LogP contribution in [0.2, 0.25) is 25.7 Å². The number of nitrogens with two attached hydrogens (primary N) is 1. The van der Waals surface area contributed by atoms with Gasteiger partial charge in [0.1, 0.15) is 6.73 Å². The Morgan fingerprint density at radius 2 is 2.20 bits per heavy atom. The van der Waals surface area contributed by atoms with Crippen molar-refractivity contribution in [1.29, 1.82) is 0 Å². The maximum absolute atomic E-state index is 10.6. The van der Waals surface area contributed by atoms with Gasteiger partial charge in [-0.05, 0) is 18.5 Å². The van der Waals surface area contributed by atoms with Gasteiger partial charge in [-0.15, -0.1) is 0 Å². The summed E-state index contributed by atoms with van der Waals surface area (Å²) in [6, 6.07) is 1.09. The van der Waals surface area contributed by atoms with Gasteiger partial charge >= 0.3 is 5.97 Å². The topological polar surface area (TPSA) is 90.4 Å². The van der Waals surface area contributed by atoms with Gasteiger partial charge in [0.15, 0.2) is 0 Å². The first kappa shape index (κ1) is 16.5. The van der Waals surface area contributed by atoms with Gasteiger partial charge in [-0.1, -0.05) is 19.6 Å². The second-order valence-electron chi connectivity index (χ2n) is 5.97. The van der Waals surface area contributed by atoms with Crippen LogP contribution >= 0.6 is 0 Å². The minimum atomic E-state index is -1.10. The van der Waals surface area contributed by atoms with Crippen LogP contribution in [0.5, 0.6) is 0 Å². The second-order valence-corrected chi connectivity index (χ2v) is 11.6. The smallest absolute Gasteiger partial charge is 0.328 e.